The molecule has 3 rings (SSSR count). The summed E-state index contributed by atoms with van der Waals surface area (Å²) in [6.07, 6.45) is 2.71. The average Bonchev–Trinajstić information content (AvgIpc) is 3.29. The summed E-state index contributed by atoms with van der Waals surface area (Å²) in [5.74, 6) is -0.309. The second-order valence-corrected chi connectivity index (χ2v) is 6.42. The first-order chi connectivity index (χ1) is 11.6. The first-order valence-electron chi connectivity index (χ1n) is 8.47. The lowest BCUT2D eigenvalue weighted by Crippen LogP contribution is -2.49. The van der Waals surface area contributed by atoms with Crippen molar-refractivity contribution in [3.05, 3.63) is 35.9 Å². The molecule has 0 spiro atoms. The van der Waals surface area contributed by atoms with Gasteiger partial charge in [0.2, 0.25) is 11.8 Å². The third kappa shape index (κ3) is 3.00. The molecule has 3 amide bonds. The Kier molecular flexibility index (Phi) is 4.55. The first-order valence-corrected chi connectivity index (χ1v) is 8.47. The molecule has 6 nitrogen and oxygen atoms in total. The van der Waals surface area contributed by atoms with Crippen molar-refractivity contribution in [2.75, 3.05) is 20.1 Å². The van der Waals surface area contributed by atoms with Crippen molar-refractivity contribution in [2.45, 2.75) is 37.5 Å². The fourth-order valence-electron chi connectivity index (χ4n) is 3.31. The Morgan fingerprint density at radius 3 is 2.33 bits per heavy atom. The van der Waals surface area contributed by atoms with Gasteiger partial charge in [0, 0.05) is 33.0 Å². The Labute approximate surface area is 141 Å². The average molecular weight is 329 g/mol. The van der Waals surface area contributed by atoms with Gasteiger partial charge in [0.15, 0.2) is 0 Å². The van der Waals surface area contributed by atoms with E-state index in [2.05, 4.69) is 5.32 Å². The van der Waals surface area contributed by atoms with Crippen molar-refractivity contribution >= 4 is 17.7 Å². The summed E-state index contributed by atoms with van der Waals surface area (Å²) in [7, 11) is 1.55. The van der Waals surface area contributed by atoms with Crippen LogP contribution < -0.4 is 5.32 Å². The van der Waals surface area contributed by atoms with Crippen molar-refractivity contribution < 1.29 is 14.4 Å². The lowest BCUT2D eigenvalue weighted by atomic mass is 9.95. The van der Waals surface area contributed by atoms with Gasteiger partial charge < -0.3 is 5.32 Å². The zero-order chi connectivity index (χ0) is 17.2. The minimum Gasteiger partial charge on any atom is -0.359 e. The first kappa shape index (κ1) is 16.5. The standard InChI is InChI=1S/C18H23N3O3/c1-19-15(22)8-9-16(23)20-12-5-13-21(20)17(24)18(10-11-18)14-6-3-2-4-7-14/h2-4,6-7H,5,8-13H2,1H3,(H,19,22). The quantitative estimate of drug-likeness (QED) is 0.883. The van der Waals surface area contributed by atoms with Crippen LogP contribution in [0.2, 0.25) is 0 Å². The van der Waals surface area contributed by atoms with Gasteiger partial charge in [0.25, 0.3) is 5.91 Å². The molecule has 1 saturated heterocycles. The maximum atomic E-state index is 13.1. The van der Waals surface area contributed by atoms with E-state index in [9.17, 15) is 14.4 Å². The highest BCUT2D eigenvalue weighted by molar-refractivity contribution is 5.93. The summed E-state index contributed by atoms with van der Waals surface area (Å²) < 4.78 is 0. The molecule has 0 aromatic heterocycles. The van der Waals surface area contributed by atoms with Crippen LogP contribution in [0.5, 0.6) is 0 Å². The molecule has 0 atom stereocenters. The molecule has 1 saturated carbocycles. The normalized spacial score (nSPS) is 18.4. The van der Waals surface area contributed by atoms with Crippen LogP contribution in [0.4, 0.5) is 0 Å². The summed E-state index contributed by atoms with van der Waals surface area (Å²) in [6.45, 7) is 1.11. The Morgan fingerprint density at radius 1 is 1.04 bits per heavy atom. The van der Waals surface area contributed by atoms with E-state index >= 15 is 0 Å². The minimum atomic E-state index is -0.467. The molecule has 128 valence electrons. The van der Waals surface area contributed by atoms with Crippen molar-refractivity contribution in [2.24, 2.45) is 0 Å². The molecule has 1 aromatic rings. The maximum Gasteiger partial charge on any atom is 0.251 e. The van der Waals surface area contributed by atoms with Crippen LogP contribution in [0.3, 0.4) is 0 Å². The number of benzene rings is 1. The van der Waals surface area contributed by atoms with E-state index in [1.54, 1.807) is 12.1 Å². The zero-order valence-corrected chi connectivity index (χ0v) is 14.0. The molecule has 2 aliphatic rings. The van der Waals surface area contributed by atoms with Gasteiger partial charge in [0.05, 0.1) is 5.41 Å². The summed E-state index contributed by atoms with van der Waals surface area (Å²) in [5.41, 5.74) is 0.560. The molecule has 0 radical (unpaired) electrons. The van der Waals surface area contributed by atoms with E-state index in [4.69, 9.17) is 0 Å². The fourth-order valence-corrected chi connectivity index (χ4v) is 3.31. The third-order valence-electron chi connectivity index (χ3n) is 4.88. The second-order valence-electron chi connectivity index (χ2n) is 6.42. The van der Waals surface area contributed by atoms with Gasteiger partial charge in [-0.2, -0.15) is 0 Å². The van der Waals surface area contributed by atoms with Gasteiger partial charge in [-0.05, 0) is 24.8 Å². The number of rotatable bonds is 5. The van der Waals surface area contributed by atoms with Gasteiger partial charge in [0.1, 0.15) is 0 Å². The molecular weight excluding hydrogens is 306 g/mol. The Morgan fingerprint density at radius 2 is 1.71 bits per heavy atom. The molecular formula is C18H23N3O3. The molecule has 24 heavy (non-hydrogen) atoms. The lowest BCUT2D eigenvalue weighted by molar-refractivity contribution is -0.159. The molecule has 0 unspecified atom stereocenters. The van der Waals surface area contributed by atoms with E-state index in [1.807, 2.05) is 30.3 Å². The zero-order valence-electron chi connectivity index (χ0n) is 14.0. The molecule has 1 N–H and O–H groups in total. The second kappa shape index (κ2) is 6.63. The van der Waals surface area contributed by atoms with Crippen LogP contribution in [0.1, 0.15) is 37.7 Å². The Bertz CT molecular complexity index is 640. The van der Waals surface area contributed by atoms with Crippen molar-refractivity contribution in [1.82, 2.24) is 15.3 Å². The minimum absolute atomic E-state index is 0.0134. The molecule has 1 heterocycles. The lowest BCUT2D eigenvalue weighted by Gasteiger charge is -2.31. The van der Waals surface area contributed by atoms with Crippen LogP contribution in [-0.2, 0) is 19.8 Å². The molecule has 1 aliphatic carbocycles. The predicted octanol–water partition coefficient (Wildman–Crippen LogP) is 1.22. The summed E-state index contributed by atoms with van der Waals surface area (Å²) >= 11 is 0. The largest absolute Gasteiger partial charge is 0.359 e. The van der Waals surface area contributed by atoms with Gasteiger partial charge in [-0.25, -0.2) is 0 Å². The van der Waals surface area contributed by atoms with E-state index < -0.39 is 5.41 Å². The SMILES string of the molecule is CNC(=O)CCC(=O)N1CCCN1C(=O)C1(c2ccccc2)CC1. The van der Waals surface area contributed by atoms with E-state index in [1.165, 1.54) is 5.01 Å². The summed E-state index contributed by atoms with van der Waals surface area (Å²) in [5, 5.41) is 5.65. The van der Waals surface area contributed by atoms with E-state index in [-0.39, 0.29) is 30.6 Å². The number of hydrogen-bond donors (Lipinski definition) is 1. The smallest absolute Gasteiger partial charge is 0.251 e. The van der Waals surface area contributed by atoms with Crippen LogP contribution >= 0.6 is 0 Å². The van der Waals surface area contributed by atoms with Crippen LogP contribution in [0, 0.1) is 0 Å². The molecule has 1 aromatic carbocycles. The summed E-state index contributed by atoms with van der Waals surface area (Å²) in [4.78, 5) is 36.8. The van der Waals surface area contributed by atoms with E-state index in [0.717, 1.165) is 24.8 Å². The highest BCUT2D eigenvalue weighted by atomic mass is 16.2. The highest BCUT2D eigenvalue weighted by Crippen LogP contribution is 2.50. The number of carbonyl (C=O) groups is 3. The molecule has 6 heteroatoms. The highest BCUT2D eigenvalue weighted by Gasteiger charge is 2.54. The van der Waals surface area contributed by atoms with Crippen molar-refractivity contribution in [3.63, 3.8) is 0 Å². The van der Waals surface area contributed by atoms with Gasteiger partial charge in [-0.15, -0.1) is 0 Å². The van der Waals surface area contributed by atoms with Crippen molar-refractivity contribution in [3.8, 4) is 0 Å². The number of nitrogens with one attached hydrogen (secondary N) is 1. The molecule has 0 bridgehead atoms. The Hall–Kier alpha value is -2.37. The number of hydrazine groups is 1. The molecule has 2 fully saturated rings. The van der Waals surface area contributed by atoms with Crippen molar-refractivity contribution in [1.29, 1.82) is 0 Å². The Balaban J connectivity index is 1.70. The third-order valence-corrected chi connectivity index (χ3v) is 4.88. The van der Waals surface area contributed by atoms with Crippen LogP contribution in [0.15, 0.2) is 30.3 Å². The van der Waals surface area contributed by atoms with Gasteiger partial charge in [-0.1, -0.05) is 30.3 Å². The van der Waals surface area contributed by atoms with Crippen LogP contribution in [-0.4, -0.2) is 47.9 Å². The number of nitrogens with zero attached hydrogens (tertiary/aromatic N) is 2. The molecule has 1 aliphatic heterocycles. The van der Waals surface area contributed by atoms with E-state index in [0.29, 0.717) is 13.1 Å². The predicted molar refractivity (Wildman–Crippen MR) is 88.7 cm³/mol. The van der Waals surface area contributed by atoms with Gasteiger partial charge in [-0.3, -0.25) is 24.4 Å². The summed E-state index contributed by atoms with van der Waals surface area (Å²) in [6, 6.07) is 9.80. The number of carbonyl (C=O) groups excluding carboxylic acids is 3. The fraction of sp³-hybridized carbons (Fsp3) is 0.500. The van der Waals surface area contributed by atoms with Gasteiger partial charge >= 0.3 is 0 Å². The number of hydrogen-bond acceptors (Lipinski definition) is 3. The topological polar surface area (TPSA) is 69.7 Å². The maximum absolute atomic E-state index is 13.1. The van der Waals surface area contributed by atoms with Crippen LogP contribution in [0.25, 0.3) is 0 Å². The number of amides is 3. The monoisotopic (exact) mass is 329 g/mol.